The number of hydrogen-bond acceptors (Lipinski definition) is 9. The monoisotopic (exact) mass is 488 g/mol. The normalized spacial score (nSPS) is 10.8. The number of likely N-dealkylation sites (N-methyl/N-ethyl adjacent to an activating group) is 1. The Kier molecular flexibility index (Phi) is 7.40. The number of benzene rings is 2. The lowest BCUT2D eigenvalue weighted by Gasteiger charge is -2.24. The lowest BCUT2D eigenvalue weighted by Crippen LogP contribution is -2.24. The van der Waals surface area contributed by atoms with Crippen LogP contribution in [-0.4, -0.2) is 65.1 Å². The van der Waals surface area contributed by atoms with Crippen LogP contribution in [0.25, 0.3) is 22.3 Å². The first kappa shape index (κ1) is 24.6. The minimum absolute atomic E-state index is 0.324. The lowest BCUT2D eigenvalue weighted by molar-refractivity contribution is -0.111. The Hall–Kier alpha value is -4.51. The Morgan fingerprint density at radius 2 is 2.03 bits per heavy atom. The molecule has 2 aromatic heterocycles. The van der Waals surface area contributed by atoms with E-state index in [9.17, 15) is 4.79 Å². The molecule has 4 rings (SSSR count). The van der Waals surface area contributed by atoms with Crippen molar-refractivity contribution in [3.63, 3.8) is 0 Å². The molecule has 11 nitrogen and oxygen atoms in total. The second-order valence-electron chi connectivity index (χ2n) is 7.98. The largest absolute Gasteiger partial charge is 0.494 e. The van der Waals surface area contributed by atoms with E-state index in [0.29, 0.717) is 42.0 Å². The molecule has 0 spiro atoms. The molecule has 0 aliphatic rings. The van der Waals surface area contributed by atoms with Gasteiger partial charge in [0.25, 0.3) is 0 Å². The second-order valence-corrected chi connectivity index (χ2v) is 7.98. The van der Waals surface area contributed by atoms with Gasteiger partial charge in [-0.3, -0.25) is 9.48 Å². The van der Waals surface area contributed by atoms with Crippen LogP contribution in [0.3, 0.4) is 0 Å². The van der Waals surface area contributed by atoms with Crippen molar-refractivity contribution in [2.24, 2.45) is 7.05 Å². The summed E-state index contributed by atoms with van der Waals surface area (Å²) in [6, 6.07) is 9.50. The first-order valence-electron chi connectivity index (χ1n) is 11.2. The standard InChI is InChI=1S/C25H28N8O3/c1-6-23(34)29-18-12-19(22(36-5)13-21(18)32(2)9-10-35-4)30-25-27-15-26-24(31-25)16-7-8-17-14-28-33(3)20(17)11-16/h6-8,11-15H,1,9-10H2,2-5H3,(H,29,34)(H,26,27,30,31). The van der Waals surface area contributed by atoms with E-state index in [-0.39, 0.29) is 5.91 Å². The fourth-order valence-electron chi connectivity index (χ4n) is 3.68. The van der Waals surface area contributed by atoms with E-state index in [0.717, 1.165) is 22.2 Å². The highest BCUT2D eigenvalue weighted by Crippen LogP contribution is 2.38. The Morgan fingerprint density at radius 1 is 1.19 bits per heavy atom. The van der Waals surface area contributed by atoms with E-state index in [2.05, 4.69) is 37.3 Å². The Balaban J connectivity index is 1.69. The Morgan fingerprint density at radius 3 is 2.78 bits per heavy atom. The summed E-state index contributed by atoms with van der Waals surface area (Å²) in [5.74, 6) is 1.04. The molecule has 2 aromatic carbocycles. The number of aromatic nitrogens is 5. The molecule has 0 radical (unpaired) electrons. The van der Waals surface area contributed by atoms with E-state index in [4.69, 9.17) is 9.47 Å². The van der Waals surface area contributed by atoms with Gasteiger partial charge in [0.05, 0.1) is 42.5 Å². The average molecular weight is 489 g/mol. The van der Waals surface area contributed by atoms with Gasteiger partial charge >= 0.3 is 0 Å². The third kappa shape index (κ3) is 5.26. The van der Waals surface area contributed by atoms with Crippen LogP contribution in [0.15, 0.2) is 55.5 Å². The number of anilines is 4. The number of methoxy groups -OCH3 is 2. The fraction of sp³-hybridized carbons (Fsp3) is 0.240. The number of nitrogens with one attached hydrogen (secondary N) is 2. The molecule has 2 heterocycles. The van der Waals surface area contributed by atoms with Crippen LogP contribution in [0.4, 0.5) is 23.0 Å². The van der Waals surface area contributed by atoms with Crippen molar-refractivity contribution < 1.29 is 14.3 Å². The van der Waals surface area contributed by atoms with Gasteiger partial charge in [-0.1, -0.05) is 18.7 Å². The van der Waals surface area contributed by atoms with Crippen LogP contribution < -0.4 is 20.3 Å². The van der Waals surface area contributed by atoms with Crippen molar-refractivity contribution in [3.8, 4) is 17.1 Å². The number of ether oxygens (including phenoxy) is 2. The first-order valence-corrected chi connectivity index (χ1v) is 11.2. The molecule has 0 unspecified atom stereocenters. The van der Waals surface area contributed by atoms with Crippen LogP contribution in [-0.2, 0) is 16.6 Å². The van der Waals surface area contributed by atoms with E-state index < -0.39 is 0 Å². The first-order chi connectivity index (χ1) is 17.4. The highest BCUT2D eigenvalue weighted by atomic mass is 16.5. The highest BCUT2D eigenvalue weighted by molar-refractivity contribution is 6.02. The molecule has 0 atom stereocenters. The third-order valence-corrected chi connectivity index (χ3v) is 5.63. The SMILES string of the molecule is C=CC(=O)Nc1cc(Nc2ncnc(-c3ccc4cnn(C)c4c3)n2)c(OC)cc1N(C)CCOC. The number of fused-ring (bicyclic) bond motifs is 1. The van der Waals surface area contributed by atoms with Gasteiger partial charge in [-0.05, 0) is 18.2 Å². The van der Waals surface area contributed by atoms with E-state index in [1.807, 2.05) is 49.5 Å². The zero-order valence-corrected chi connectivity index (χ0v) is 20.6. The van der Waals surface area contributed by atoms with Crippen LogP contribution in [0.2, 0.25) is 0 Å². The molecule has 0 aliphatic carbocycles. The molecule has 11 heteroatoms. The van der Waals surface area contributed by atoms with E-state index >= 15 is 0 Å². The van der Waals surface area contributed by atoms with Gasteiger partial charge in [0, 0.05) is 44.8 Å². The molecule has 1 amide bonds. The van der Waals surface area contributed by atoms with Crippen LogP contribution in [0, 0.1) is 0 Å². The average Bonchev–Trinajstić information content (AvgIpc) is 3.27. The summed E-state index contributed by atoms with van der Waals surface area (Å²) in [6.07, 6.45) is 4.47. The Labute approximate surface area is 208 Å². The summed E-state index contributed by atoms with van der Waals surface area (Å²) >= 11 is 0. The maximum Gasteiger partial charge on any atom is 0.247 e. The number of hydrogen-bond donors (Lipinski definition) is 2. The minimum atomic E-state index is -0.333. The summed E-state index contributed by atoms with van der Waals surface area (Å²) in [4.78, 5) is 27.3. The molecule has 36 heavy (non-hydrogen) atoms. The number of rotatable bonds is 10. The molecule has 0 aliphatic heterocycles. The van der Waals surface area contributed by atoms with Crippen molar-refractivity contribution in [2.45, 2.75) is 0 Å². The molecular formula is C25H28N8O3. The van der Waals surface area contributed by atoms with Gasteiger partial charge < -0.3 is 25.0 Å². The number of aryl methyl sites for hydroxylation is 1. The molecule has 2 N–H and O–H groups in total. The molecule has 0 saturated heterocycles. The van der Waals surface area contributed by atoms with E-state index in [1.54, 1.807) is 25.0 Å². The maximum atomic E-state index is 12.1. The van der Waals surface area contributed by atoms with Gasteiger partial charge in [-0.25, -0.2) is 9.97 Å². The van der Waals surface area contributed by atoms with E-state index in [1.165, 1.54) is 12.4 Å². The van der Waals surface area contributed by atoms with Crippen LogP contribution >= 0.6 is 0 Å². The summed E-state index contributed by atoms with van der Waals surface area (Å²) in [6.45, 7) is 4.68. The van der Waals surface area contributed by atoms with Gasteiger partial charge in [-0.2, -0.15) is 10.1 Å². The number of nitrogens with zero attached hydrogens (tertiary/aromatic N) is 6. The summed E-state index contributed by atoms with van der Waals surface area (Å²) in [5.41, 5.74) is 3.70. The highest BCUT2D eigenvalue weighted by Gasteiger charge is 2.17. The zero-order chi connectivity index (χ0) is 25.7. The second kappa shape index (κ2) is 10.8. The van der Waals surface area contributed by atoms with Crippen molar-refractivity contribution in [1.29, 1.82) is 0 Å². The molecular weight excluding hydrogens is 460 g/mol. The Bertz CT molecular complexity index is 1400. The van der Waals surface area contributed by atoms with Crippen molar-refractivity contribution >= 4 is 39.8 Å². The number of carbonyl (C=O) groups excluding carboxylic acids is 1. The van der Waals surface area contributed by atoms with Gasteiger partial charge in [0.2, 0.25) is 11.9 Å². The molecule has 0 fully saturated rings. The molecule has 0 saturated carbocycles. The summed E-state index contributed by atoms with van der Waals surface area (Å²) < 4.78 is 12.6. The predicted molar refractivity (Wildman–Crippen MR) is 140 cm³/mol. The van der Waals surface area contributed by atoms with Gasteiger partial charge in [-0.15, -0.1) is 0 Å². The van der Waals surface area contributed by atoms with Crippen molar-refractivity contribution in [2.75, 3.05) is 50.0 Å². The predicted octanol–water partition coefficient (Wildman–Crippen LogP) is 3.38. The topological polar surface area (TPSA) is 119 Å². The lowest BCUT2D eigenvalue weighted by atomic mass is 10.1. The smallest absolute Gasteiger partial charge is 0.247 e. The minimum Gasteiger partial charge on any atom is -0.494 e. The maximum absolute atomic E-state index is 12.1. The third-order valence-electron chi connectivity index (χ3n) is 5.63. The number of amides is 1. The van der Waals surface area contributed by atoms with Gasteiger partial charge in [0.1, 0.15) is 12.1 Å². The number of carbonyl (C=O) groups is 1. The quantitative estimate of drug-likeness (QED) is 0.324. The molecule has 186 valence electrons. The van der Waals surface area contributed by atoms with Crippen LogP contribution in [0.5, 0.6) is 5.75 Å². The van der Waals surface area contributed by atoms with Crippen LogP contribution in [0.1, 0.15) is 0 Å². The summed E-state index contributed by atoms with van der Waals surface area (Å²) in [7, 11) is 7.00. The van der Waals surface area contributed by atoms with Crippen molar-refractivity contribution in [3.05, 3.63) is 55.5 Å². The zero-order valence-electron chi connectivity index (χ0n) is 20.6. The molecule has 0 bridgehead atoms. The van der Waals surface area contributed by atoms with Crippen molar-refractivity contribution in [1.82, 2.24) is 24.7 Å². The summed E-state index contributed by atoms with van der Waals surface area (Å²) in [5, 5.41) is 11.4. The fourth-order valence-corrected chi connectivity index (χ4v) is 3.68. The molecule has 4 aromatic rings. The van der Waals surface area contributed by atoms with Gasteiger partial charge in [0.15, 0.2) is 5.82 Å².